The van der Waals surface area contributed by atoms with Crippen LogP contribution < -0.4 is 10.5 Å². The number of aryl methyl sites for hydroxylation is 1. The van der Waals surface area contributed by atoms with Gasteiger partial charge in [0.25, 0.3) is 0 Å². The van der Waals surface area contributed by atoms with E-state index in [-0.39, 0.29) is 4.47 Å². The van der Waals surface area contributed by atoms with Gasteiger partial charge in [-0.05, 0) is 28.1 Å². The van der Waals surface area contributed by atoms with Gasteiger partial charge in [0.15, 0.2) is 5.82 Å². The summed E-state index contributed by atoms with van der Waals surface area (Å²) < 4.78 is 20.8. The Balaban J connectivity index is 2.57. The molecule has 4 nitrogen and oxygen atoms in total. The Hall–Kier alpha value is -1.56. The minimum Gasteiger partial charge on any atom is -0.495 e. The Morgan fingerprint density at radius 2 is 2.18 bits per heavy atom. The highest BCUT2D eigenvalue weighted by Gasteiger charge is 2.15. The number of anilines is 1. The first kappa shape index (κ1) is 11.9. The molecule has 2 N–H and O–H groups in total. The largest absolute Gasteiger partial charge is 0.495 e. The number of nitrogen functional groups attached to an aromatic ring is 1. The third-order valence-corrected chi connectivity index (χ3v) is 3.20. The van der Waals surface area contributed by atoms with E-state index in [1.807, 2.05) is 0 Å². The van der Waals surface area contributed by atoms with E-state index in [2.05, 4.69) is 21.0 Å². The fourth-order valence-electron chi connectivity index (χ4n) is 1.50. The molecular weight excluding hydrogens is 289 g/mol. The van der Waals surface area contributed by atoms with E-state index in [0.717, 1.165) is 0 Å². The zero-order valence-electron chi connectivity index (χ0n) is 9.37. The van der Waals surface area contributed by atoms with Crippen molar-refractivity contribution in [1.82, 2.24) is 9.78 Å². The van der Waals surface area contributed by atoms with Crippen LogP contribution in [0.15, 0.2) is 22.7 Å². The molecule has 0 aliphatic heterocycles. The second-order valence-electron chi connectivity index (χ2n) is 3.52. The van der Waals surface area contributed by atoms with Gasteiger partial charge in [0.05, 0.1) is 17.3 Å². The van der Waals surface area contributed by atoms with E-state index in [4.69, 9.17) is 10.5 Å². The number of methoxy groups -OCH3 is 1. The molecule has 90 valence electrons. The highest BCUT2D eigenvalue weighted by molar-refractivity contribution is 9.10. The molecule has 0 aliphatic carbocycles. The van der Waals surface area contributed by atoms with E-state index in [9.17, 15) is 4.39 Å². The number of ether oxygens (including phenoxy) is 1. The van der Waals surface area contributed by atoms with Gasteiger partial charge in [-0.2, -0.15) is 5.10 Å². The quantitative estimate of drug-likeness (QED) is 0.927. The average Bonchev–Trinajstić information content (AvgIpc) is 2.63. The molecule has 1 aromatic carbocycles. The molecule has 0 fully saturated rings. The maximum absolute atomic E-state index is 14.1. The predicted molar refractivity (Wildman–Crippen MR) is 67.3 cm³/mol. The van der Waals surface area contributed by atoms with Gasteiger partial charge in [-0.25, -0.2) is 4.39 Å². The fraction of sp³-hybridized carbons (Fsp3) is 0.182. The Kier molecular flexibility index (Phi) is 3.06. The first-order valence-electron chi connectivity index (χ1n) is 4.86. The molecule has 0 atom stereocenters. The van der Waals surface area contributed by atoms with E-state index in [0.29, 0.717) is 22.8 Å². The summed E-state index contributed by atoms with van der Waals surface area (Å²) in [5.41, 5.74) is 6.53. The SMILES string of the molecule is COc1ccc(-c2cc(N)n(C)n2)c(F)c1Br. The van der Waals surface area contributed by atoms with Crippen LogP contribution in [-0.2, 0) is 7.05 Å². The average molecular weight is 300 g/mol. The maximum atomic E-state index is 14.1. The topological polar surface area (TPSA) is 53.1 Å². The van der Waals surface area contributed by atoms with Crippen LogP contribution in [0.5, 0.6) is 5.75 Å². The summed E-state index contributed by atoms with van der Waals surface area (Å²) in [6, 6.07) is 4.91. The second kappa shape index (κ2) is 4.37. The highest BCUT2D eigenvalue weighted by Crippen LogP contribution is 2.34. The molecule has 1 aromatic heterocycles. The third kappa shape index (κ3) is 2.00. The summed E-state index contributed by atoms with van der Waals surface area (Å²) >= 11 is 3.15. The molecule has 0 unspecified atom stereocenters. The Labute approximate surface area is 106 Å². The first-order chi connectivity index (χ1) is 8.04. The van der Waals surface area contributed by atoms with Crippen molar-refractivity contribution in [2.75, 3.05) is 12.8 Å². The van der Waals surface area contributed by atoms with E-state index in [1.165, 1.54) is 11.8 Å². The molecule has 0 bridgehead atoms. The van der Waals surface area contributed by atoms with Crippen LogP contribution >= 0.6 is 15.9 Å². The number of rotatable bonds is 2. The Bertz CT molecular complexity index is 549. The number of halogens is 2. The summed E-state index contributed by atoms with van der Waals surface area (Å²) in [5, 5.41) is 4.13. The van der Waals surface area contributed by atoms with Crippen LogP contribution in [0, 0.1) is 5.82 Å². The van der Waals surface area contributed by atoms with E-state index in [1.54, 1.807) is 25.2 Å². The minimum absolute atomic E-state index is 0.279. The molecule has 0 saturated heterocycles. The lowest BCUT2D eigenvalue weighted by molar-refractivity contribution is 0.408. The van der Waals surface area contributed by atoms with Crippen molar-refractivity contribution in [2.45, 2.75) is 0 Å². The van der Waals surface area contributed by atoms with Crippen LogP contribution in [0.3, 0.4) is 0 Å². The smallest absolute Gasteiger partial charge is 0.150 e. The predicted octanol–water partition coefficient (Wildman–Crippen LogP) is 2.58. The lowest BCUT2D eigenvalue weighted by atomic mass is 10.1. The molecular formula is C11H11BrFN3O. The molecule has 1 heterocycles. The van der Waals surface area contributed by atoms with Gasteiger partial charge in [0.1, 0.15) is 11.6 Å². The number of hydrogen-bond acceptors (Lipinski definition) is 3. The molecule has 0 amide bonds. The van der Waals surface area contributed by atoms with E-state index < -0.39 is 5.82 Å². The van der Waals surface area contributed by atoms with Crippen LogP contribution in [-0.4, -0.2) is 16.9 Å². The molecule has 2 rings (SSSR count). The molecule has 2 aromatic rings. The molecule has 0 spiro atoms. The summed E-state index contributed by atoms with van der Waals surface area (Å²) in [4.78, 5) is 0. The normalized spacial score (nSPS) is 10.6. The lowest BCUT2D eigenvalue weighted by Crippen LogP contribution is -1.97. The number of aromatic nitrogens is 2. The second-order valence-corrected chi connectivity index (χ2v) is 4.31. The van der Waals surface area contributed by atoms with Crippen LogP contribution in [0.1, 0.15) is 0 Å². The zero-order valence-corrected chi connectivity index (χ0v) is 11.0. The van der Waals surface area contributed by atoms with Crippen molar-refractivity contribution in [3.63, 3.8) is 0 Å². The summed E-state index contributed by atoms with van der Waals surface area (Å²) in [5.74, 6) is 0.504. The number of nitrogens with two attached hydrogens (primary N) is 1. The maximum Gasteiger partial charge on any atom is 0.150 e. The summed E-state index contributed by atoms with van der Waals surface area (Å²) in [6.07, 6.45) is 0. The van der Waals surface area contributed by atoms with Crippen molar-refractivity contribution in [2.24, 2.45) is 7.05 Å². The first-order valence-corrected chi connectivity index (χ1v) is 5.65. The van der Waals surface area contributed by atoms with Crippen LogP contribution in [0.2, 0.25) is 0 Å². The van der Waals surface area contributed by atoms with Crippen LogP contribution in [0.25, 0.3) is 11.3 Å². The van der Waals surface area contributed by atoms with Crippen molar-refractivity contribution in [3.8, 4) is 17.0 Å². The van der Waals surface area contributed by atoms with Gasteiger partial charge in [-0.15, -0.1) is 0 Å². The molecule has 0 radical (unpaired) electrons. The van der Waals surface area contributed by atoms with Crippen molar-refractivity contribution < 1.29 is 9.13 Å². The minimum atomic E-state index is -0.414. The number of benzene rings is 1. The Morgan fingerprint density at radius 1 is 1.47 bits per heavy atom. The van der Waals surface area contributed by atoms with Gasteiger partial charge in [-0.1, -0.05) is 0 Å². The number of nitrogens with zero attached hydrogens (tertiary/aromatic N) is 2. The molecule has 0 aliphatic rings. The summed E-state index contributed by atoms with van der Waals surface area (Å²) in [6.45, 7) is 0. The number of hydrogen-bond donors (Lipinski definition) is 1. The lowest BCUT2D eigenvalue weighted by Gasteiger charge is -2.06. The van der Waals surface area contributed by atoms with Gasteiger partial charge in [0.2, 0.25) is 0 Å². The summed E-state index contributed by atoms with van der Waals surface area (Å²) in [7, 11) is 3.19. The monoisotopic (exact) mass is 299 g/mol. The van der Waals surface area contributed by atoms with Gasteiger partial charge in [0, 0.05) is 18.7 Å². The fourth-order valence-corrected chi connectivity index (χ4v) is 2.01. The van der Waals surface area contributed by atoms with E-state index >= 15 is 0 Å². The Morgan fingerprint density at radius 3 is 2.71 bits per heavy atom. The van der Waals surface area contributed by atoms with Crippen molar-refractivity contribution >= 4 is 21.7 Å². The van der Waals surface area contributed by atoms with Crippen molar-refractivity contribution in [1.29, 1.82) is 0 Å². The molecule has 17 heavy (non-hydrogen) atoms. The van der Waals surface area contributed by atoms with Gasteiger partial charge >= 0.3 is 0 Å². The third-order valence-electron chi connectivity index (χ3n) is 2.46. The van der Waals surface area contributed by atoms with Gasteiger partial charge in [-0.3, -0.25) is 4.68 Å². The molecule has 6 heteroatoms. The standard InChI is InChI=1S/C11H11BrFN3O/c1-16-9(14)5-7(15-16)6-3-4-8(17-2)10(12)11(6)13/h3-5H,14H2,1-2H3. The zero-order chi connectivity index (χ0) is 12.6. The van der Waals surface area contributed by atoms with Crippen LogP contribution in [0.4, 0.5) is 10.2 Å². The highest BCUT2D eigenvalue weighted by atomic mass is 79.9. The van der Waals surface area contributed by atoms with Gasteiger partial charge < -0.3 is 10.5 Å². The van der Waals surface area contributed by atoms with Crippen molar-refractivity contribution in [3.05, 3.63) is 28.5 Å². The molecule has 0 saturated carbocycles.